The number of carbonyl (C=O) groups excluding carboxylic acids is 4. The van der Waals surface area contributed by atoms with Crippen molar-refractivity contribution in [3.05, 3.63) is 89.5 Å². The van der Waals surface area contributed by atoms with E-state index in [1.165, 1.54) is 0 Å². The third-order valence-electron chi connectivity index (χ3n) is 9.57. The molecule has 2 aromatic rings. The molecule has 0 aliphatic carbocycles. The maximum Gasteiger partial charge on any atom is 0.313 e. The molecular weight excluding hydrogens is 586 g/mol. The molecule has 10 heteroatoms. The van der Waals surface area contributed by atoms with E-state index in [2.05, 4.69) is 5.32 Å². The van der Waals surface area contributed by atoms with E-state index < -0.39 is 41.7 Å². The molecule has 4 aliphatic heterocycles. The largest absolute Gasteiger partial charge is 0.455 e. The SMILES string of the molecule is Cc1cccc(C)c1N1C/C=C\CCC(=O)NC[C@H](c2ccccc2)OC(=O)[C@@H]2[C@H]3C(=O)N(CCCCO)[C@H](C1=O)[C@]31C=C[C@H]2O1. The number of para-hydroxylation sites is 1. The number of benzene rings is 2. The van der Waals surface area contributed by atoms with Gasteiger partial charge in [0.15, 0.2) is 0 Å². The molecule has 0 radical (unpaired) electrons. The van der Waals surface area contributed by atoms with Crippen molar-refractivity contribution in [2.24, 2.45) is 11.8 Å². The van der Waals surface area contributed by atoms with E-state index in [0.29, 0.717) is 24.8 Å². The highest BCUT2D eigenvalue weighted by molar-refractivity contribution is 6.06. The zero-order chi connectivity index (χ0) is 32.4. The summed E-state index contributed by atoms with van der Waals surface area (Å²) in [5.74, 6) is -3.39. The van der Waals surface area contributed by atoms with Gasteiger partial charge in [0.25, 0.3) is 5.91 Å². The molecule has 10 nitrogen and oxygen atoms in total. The van der Waals surface area contributed by atoms with Crippen molar-refractivity contribution in [3.8, 4) is 0 Å². The van der Waals surface area contributed by atoms with Gasteiger partial charge in [0.05, 0.1) is 18.6 Å². The first-order chi connectivity index (χ1) is 22.3. The number of rotatable bonds is 6. The number of carbonyl (C=O) groups is 4. The minimum Gasteiger partial charge on any atom is -0.455 e. The Morgan fingerprint density at radius 3 is 2.46 bits per heavy atom. The fourth-order valence-electron chi connectivity index (χ4n) is 7.44. The predicted octanol–water partition coefficient (Wildman–Crippen LogP) is 3.31. The number of hydrogen-bond acceptors (Lipinski definition) is 7. The minimum atomic E-state index is -1.36. The van der Waals surface area contributed by atoms with Crippen molar-refractivity contribution >= 4 is 29.4 Å². The average molecular weight is 628 g/mol. The molecule has 6 atom stereocenters. The van der Waals surface area contributed by atoms with Crippen LogP contribution in [0, 0.1) is 25.7 Å². The van der Waals surface area contributed by atoms with Crippen molar-refractivity contribution in [1.82, 2.24) is 10.2 Å². The first kappa shape index (κ1) is 31.7. The van der Waals surface area contributed by atoms with Crippen LogP contribution >= 0.6 is 0 Å². The molecule has 6 rings (SSSR count). The van der Waals surface area contributed by atoms with E-state index in [4.69, 9.17) is 9.47 Å². The topological polar surface area (TPSA) is 125 Å². The maximum atomic E-state index is 14.9. The van der Waals surface area contributed by atoms with Gasteiger partial charge in [-0.25, -0.2) is 0 Å². The van der Waals surface area contributed by atoms with Crippen LogP contribution in [0.25, 0.3) is 0 Å². The molecule has 2 saturated heterocycles. The number of aryl methyl sites for hydroxylation is 2. The molecular formula is C36H41N3O7. The van der Waals surface area contributed by atoms with Crippen LogP contribution in [0.15, 0.2) is 72.8 Å². The highest BCUT2D eigenvalue weighted by Gasteiger charge is 2.73. The van der Waals surface area contributed by atoms with Crippen LogP contribution in [-0.4, -0.2) is 77.7 Å². The van der Waals surface area contributed by atoms with Crippen LogP contribution < -0.4 is 10.2 Å². The molecule has 0 aromatic heterocycles. The van der Waals surface area contributed by atoms with Gasteiger partial charge in [0, 0.05) is 31.8 Å². The van der Waals surface area contributed by atoms with Crippen LogP contribution in [0.1, 0.15) is 48.5 Å². The summed E-state index contributed by atoms with van der Waals surface area (Å²) in [5.41, 5.74) is 1.90. The van der Waals surface area contributed by atoms with Gasteiger partial charge in [0.1, 0.15) is 23.7 Å². The fraction of sp³-hybridized carbons (Fsp3) is 0.444. The molecule has 0 unspecified atom stereocenters. The number of nitrogens with one attached hydrogen (secondary N) is 1. The van der Waals surface area contributed by atoms with Crippen molar-refractivity contribution < 1.29 is 33.8 Å². The lowest BCUT2D eigenvalue weighted by Gasteiger charge is -2.36. The number of allylic oxidation sites excluding steroid dienone is 1. The van der Waals surface area contributed by atoms with Crippen LogP contribution in [0.2, 0.25) is 0 Å². The van der Waals surface area contributed by atoms with E-state index in [1.807, 2.05) is 74.5 Å². The Hall–Kier alpha value is -4.28. The lowest BCUT2D eigenvalue weighted by molar-refractivity contribution is -0.159. The van der Waals surface area contributed by atoms with E-state index in [1.54, 1.807) is 22.0 Å². The number of fused-ring (bicyclic) bond motifs is 2. The molecule has 2 fully saturated rings. The Morgan fingerprint density at radius 2 is 1.72 bits per heavy atom. The Balaban J connectivity index is 1.44. The van der Waals surface area contributed by atoms with Gasteiger partial charge in [-0.1, -0.05) is 72.8 Å². The molecule has 242 valence electrons. The number of aliphatic hydroxyl groups excluding tert-OH is 1. The number of likely N-dealkylation sites (tertiary alicyclic amines) is 1. The standard InChI is InChI=1S/C36H41N3O7/c1-23-12-11-13-24(2)31(23)38-19-8-4-7-16-28(41)37-22-27(25-14-5-3-6-15-25)45-35(44)29-26-17-18-36(46-26)30(29)33(42)39(20-9-10-21-40)32(36)34(38)43/h3-6,8,11-15,17-18,26-27,29-30,32,40H,7,9-10,16,19-22H2,1-2H3,(H,37,41)/b8-4-/t26-,27-,29+,30+,32-,36+/m1/s1. The number of cyclic esters (lactones) is 1. The predicted molar refractivity (Wildman–Crippen MR) is 170 cm³/mol. The van der Waals surface area contributed by atoms with E-state index in [9.17, 15) is 24.3 Å². The summed E-state index contributed by atoms with van der Waals surface area (Å²) in [7, 11) is 0. The van der Waals surface area contributed by atoms with Crippen LogP contribution in [-0.2, 0) is 28.7 Å². The smallest absolute Gasteiger partial charge is 0.313 e. The van der Waals surface area contributed by atoms with E-state index in [0.717, 1.165) is 16.8 Å². The number of anilines is 1. The summed E-state index contributed by atoms with van der Waals surface area (Å²) in [5, 5.41) is 12.4. The number of amides is 3. The quantitative estimate of drug-likeness (QED) is 0.286. The molecule has 2 N–H and O–H groups in total. The molecule has 4 heterocycles. The van der Waals surface area contributed by atoms with Gasteiger partial charge in [0.2, 0.25) is 11.8 Å². The van der Waals surface area contributed by atoms with Gasteiger partial charge < -0.3 is 29.7 Å². The molecule has 1 spiro atoms. The molecule has 0 saturated carbocycles. The van der Waals surface area contributed by atoms with Crippen LogP contribution in [0.4, 0.5) is 5.69 Å². The summed E-state index contributed by atoms with van der Waals surface area (Å²) >= 11 is 0. The van der Waals surface area contributed by atoms with E-state index >= 15 is 0 Å². The third kappa shape index (κ3) is 5.64. The van der Waals surface area contributed by atoms with Gasteiger partial charge >= 0.3 is 5.97 Å². The van der Waals surface area contributed by atoms with E-state index in [-0.39, 0.29) is 50.4 Å². The molecule has 5 bridgehead atoms. The minimum absolute atomic E-state index is 0.0423. The summed E-state index contributed by atoms with van der Waals surface area (Å²) in [6.45, 7) is 4.37. The lowest BCUT2D eigenvalue weighted by Crippen LogP contribution is -2.56. The second-order valence-corrected chi connectivity index (χ2v) is 12.5. The van der Waals surface area contributed by atoms with Gasteiger partial charge in [-0.3, -0.25) is 19.2 Å². The zero-order valence-corrected chi connectivity index (χ0v) is 26.3. The van der Waals surface area contributed by atoms with Crippen molar-refractivity contribution in [2.75, 3.05) is 31.1 Å². The number of esters is 1. The van der Waals surface area contributed by atoms with Gasteiger partial charge in [-0.05, 0) is 49.8 Å². The fourth-order valence-corrected chi connectivity index (χ4v) is 7.44. The summed E-state index contributed by atoms with van der Waals surface area (Å²) in [4.78, 5) is 59.4. The number of nitrogens with zero attached hydrogens (tertiary/aromatic N) is 2. The van der Waals surface area contributed by atoms with Crippen LogP contribution in [0.3, 0.4) is 0 Å². The van der Waals surface area contributed by atoms with Crippen LogP contribution in [0.5, 0.6) is 0 Å². The molecule has 2 aromatic carbocycles. The molecule has 46 heavy (non-hydrogen) atoms. The van der Waals surface area contributed by atoms with Gasteiger partial charge in [-0.15, -0.1) is 0 Å². The Kier molecular flexibility index (Phi) is 9.11. The molecule has 3 amide bonds. The number of ether oxygens (including phenoxy) is 2. The number of aliphatic hydroxyl groups is 1. The first-order valence-electron chi connectivity index (χ1n) is 16.1. The first-order valence-corrected chi connectivity index (χ1v) is 16.1. The monoisotopic (exact) mass is 627 g/mol. The van der Waals surface area contributed by atoms with Crippen molar-refractivity contribution in [3.63, 3.8) is 0 Å². The second kappa shape index (κ2) is 13.2. The Labute approximate surface area is 269 Å². The lowest BCUT2D eigenvalue weighted by atomic mass is 9.74. The highest BCUT2D eigenvalue weighted by Crippen LogP contribution is 2.56. The third-order valence-corrected chi connectivity index (χ3v) is 9.57. The van der Waals surface area contributed by atoms with Crippen molar-refractivity contribution in [1.29, 1.82) is 0 Å². The normalized spacial score (nSPS) is 30.4. The molecule has 4 aliphatic rings. The Bertz CT molecular complexity index is 1540. The zero-order valence-electron chi connectivity index (χ0n) is 26.3. The maximum absolute atomic E-state index is 14.9. The summed E-state index contributed by atoms with van der Waals surface area (Å²) in [6, 6.07) is 14.0. The Morgan fingerprint density at radius 1 is 0.957 bits per heavy atom. The second-order valence-electron chi connectivity index (χ2n) is 12.5. The average Bonchev–Trinajstić information content (AvgIpc) is 3.69. The summed E-state index contributed by atoms with van der Waals surface area (Å²) < 4.78 is 12.6. The number of hydrogen-bond donors (Lipinski definition) is 2. The van der Waals surface area contributed by atoms with Gasteiger partial charge in [-0.2, -0.15) is 0 Å². The van der Waals surface area contributed by atoms with Crippen molar-refractivity contribution in [2.45, 2.75) is 63.4 Å². The number of unbranched alkanes of at least 4 members (excludes halogenated alkanes) is 1. The summed E-state index contributed by atoms with van der Waals surface area (Å²) in [6.07, 6.45) is 7.42. The highest BCUT2D eigenvalue weighted by atomic mass is 16.6.